The van der Waals surface area contributed by atoms with Crippen molar-refractivity contribution >= 4 is 35.5 Å². The van der Waals surface area contributed by atoms with Crippen molar-refractivity contribution in [3.8, 4) is 5.69 Å². The normalized spacial score (nSPS) is 10.6. The van der Waals surface area contributed by atoms with Gasteiger partial charge in [0.05, 0.1) is 0 Å². The van der Waals surface area contributed by atoms with Gasteiger partial charge in [-0.3, -0.25) is 0 Å². The summed E-state index contributed by atoms with van der Waals surface area (Å²) >= 11 is 0.262. The standard InChI is InChI=1S/C22H18N4OSe/c1-16-21(22(27)23-17-8-4-2-5-9-17)24-25-26(16)18-12-14-20(15-13-18)28-19-10-6-3-7-11-19/h2-15H,1H3,(H,23,27). The number of rotatable bonds is 5. The molecular weight excluding hydrogens is 415 g/mol. The summed E-state index contributed by atoms with van der Waals surface area (Å²) < 4.78 is 4.31. The van der Waals surface area contributed by atoms with Crippen molar-refractivity contribution < 1.29 is 4.79 Å². The Hall–Kier alpha value is -3.21. The van der Waals surface area contributed by atoms with Gasteiger partial charge in [0.2, 0.25) is 0 Å². The molecule has 0 unspecified atom stereocenters. The van der Waals surface area contributed by atoms with E-state index in [0.717, 1.165) is 11.4 Å². The number of amides is 1. The molecule has 0 aliphatic carbocycles. The second kappa shape index (κ2) is 8.21. The van der Waals surface area contributed by atoms with Crippen molar-refractivity contribution in [2.75, 3.05) is 5.32 Å². The fourth-order valence-electron chi connectivity index (χ4n) is 2.78. The average molecular weight is 433 g/mol. The molecule has 1 heterocycles. The number of carbonyl (C=O) groups is 1. The first-order valence-corrected chi connectivity index (χ1v) is 10.5. The Morgan fingerprint density at radius 1 is 0.857 bits per heavy atom. The number of carbonyl (C=O) groups excluding carboxylic acids is 1. The zero-order chi connectivity index (χ0) is 19.3. The van der Waals surface area contributed by atoms with Gasteiger partial charge >= 0.3 is 163 Å². The molecule has 0 aliphatic rings. The van der Waals surface area contributed by atoms with E-state index >= 15 is 0 Å². The molecule has 0 aliphatic heterocycles. The molecule has 28 heavy (non-hydrogen) atoms. The number of nitrogens with one attached hydrogen (secondary N) is 1. The van der Waals surface area contributed by atoms with Crippen molar-refractivity contribution in [1.29, 1.82) is 0 Å². The van der Waals surface area contributed by atoms with Gasteiger partial charge in [-0.1, -0.05) is 6.07 Å². The predicted molar refractivity (Wildman–Crippen MR) is 112 cm³/mol. The zero-order valence-corrected chi connectivity index (χ0v) is 17.0. The predicted octanol–water partition coefficient (Wildman–Crippen LogP) is 2.48. The van der Waals surface area contributed by atoms with Crippen molar-refractivity contribution in [1.82, 2.24) is 15.0 Å². The number of hydrogen-bond donors (Lipinski definition) is 1. The Bertz CT molecular complexity index is 1080. The van der Waals surface area contributed by atoms with Gasteiger partial charge in [0.1, 0.15) is 0 Å². The first-order valence-electron chi connectivity index (χ1n) is 8.83. The first-order chi connectivity index (χ1) is 13.7. The second-order valence-electron chi connectivity index (χ2n) is 6.16. The van der Waals surface area contributed by atoms with Crippen LogP contribution < -0.4 is 14.2 Å². The van der Waals surface area contributed by atoms with Crippen LogP contribution in [0.2, 0.25) is 0 Å². The summed E-state index contributed by atoms with van der Waals surface area (Å²) in [7, 11) is 0. The summed E-state index contributed by atoms with van der Waals surface area (Å²) in [6.07, 6.45) is 0. The van der Waals surface area contributed by atoms with Crippen LogP contribution in [0.3, 0.4) is 0 Å². The first kappa shape index (κ1) is 18.2. The van der Waals surface area contributed by atoms with Crippen molar-refractivity contribution in [3.63, 3.8) is 0 Å². The summed E-state index contributed by atoms with van der Waals surface area (Å²) in [5.74, 6) is -0.265. The molecule has 6 heteroatoms. The molecule has 0 radical (unpaired) electrons. The molecule has 0 bridgehead atoms. The Balaban J connectivity index is 1.51. The third-order valence-corrected chi connectivity index (χ3v) is 6.33. The molecule has 138 valence electrons. The maximum atomic E-state index is 12.5. The van der Waals surface area contributed by atoms with Crippen LogP contribution >= 0.6 is 0 Å². The van der Waals surface area contributed by atoms with Gasteiger partial charge in [-0.2, -0.15) is 0 Å². The number of hydrogen-bond acceptors (Lipinski definition) is 3. The molecule has 4 rings (SSSR count). The summed E-state index contributed by atoms with van der Waals surface area (Å²) in [5, 5.41) is 11.1. The Labute approximate surface area is 169 Å². The van der Waals surface area contributed by atoms with Crippen LogP contribution in [-0.2, 0) is 0 Å². The Morgan fingerprint density at radius 3 is 2.14 bits per heavy atom. The minimum atomic E-state index is -0.265. The number of aromatic nitrogens is 3. The molecule has 0 saturated carbocycles. The maximum absolute atomic E-state index is 12.5. The summed E-state index contributed by atoms with van der Waals surface area (Å²) in [5.41, 5.74) is 2.64. The molecule has 1 aromatic heterocycles. The number of para-hydroxylation sites is 1. The third-order valence-electron chi connectivity index (χ3n) is 4.20. The van der Waals surface area contributed by atoms with Gasteiger partial charge in [-0.25, -0.2) is 0 Å². The van der Waals surface area contributed by atoms with E-state index in [0.29, 0.717) is 11.4 Å². The molecule has 1 N–H and O–H groups in total. The van der Waals surface area contributed by atoms with E-state index in [-0.39, 0.29) is 20.9 Å². The molecule has 5 nitrogen and oxygen atoms in total. The fourth-order valence-corrected chi connectivity index (χ4v) is 4.53. The van der Waals surface area contributed by atoms with E-state index < -0.39 is 0 Å². The second-order valence-corrected chi connectivity index (χ2v) is 8.57. The van der Waals surface area contributed by atoms with E-state index in [2.05, 4.69) is 52.0 Å². The van der Waals surface area contributed by atoms with Gasteiger partial charge in [0, 0.05) is 0 Å². The quantitative estimate of drug-likeness (QED) is 0.492. The monoisotopic (exact) mass is 434 g/mol. The van der Waals surface area contributed by atoms with Crippen molar-refractivity contribution in [3.05, 3.63) is 96.3 Å². The third kappa shape index (κ3) is 4.03. The van der Waals surface area contributed by atoms with Crippen LogP contribution in [0.25, 0.3) is 5.69 Å². The topological polar surface area (TPSA) is 59.8 Å². The number of nitrogens with zero attached hydrogens (tertiary/aromatic N) is 3. The van der Waals surface area contributed by atoms with Crippen molar-refractivity contribution in [2.45, 2.75) is 6.92 Å². The van der Waals surface area contributed by atoms with E-state index in [1.807, 2.05) is 55.5 Å². The van der Waals surface area contributed by atoms with Crippen LogP contribution in [0.4, 0.5) is 5.69 Å². The molecule has 0 atom stereocenters. The molecular formula is C22H18N4OSe. The van der Waals surface area contributed by atoms with E-state index in [4.69, 9.17) is 0 Å². The van der Waals surface area contributed by atoms with E-state index in [1.165, 1.54) is 8.92 Å². The summed E-state index contributed by atoms with van der Waals surface area (Å²) in [4.78, 5) is 12.5. The molecule has 0 saturated heterocycles. The Kier molecular flexibility index (Phi) is 5.33. The van der Waals surface area contributed by atoms with Crippen LogP contribution in [0.1, 0.15) is 16.2 Å². The molecule has 4 aromatic rings. The van der Waals surface area contributed by atoms with Gasteiger partial charge in [0.15, 0.2) is 0 Å². The molecule has 0 spiro atoms. The minimum absolute atomic E-state index is 0.262. The van der Waals surface area contributed by atoms with Crippen LogP contribution in [0, 0.1) is 6.92 Å². The van der Waals surface area contributed by atoms with Crippen molar-refractivity contribution in [2.24, 2.45) is 0 Å². The molecule has 1 amide bonds. The number of benzene rings is 3. The zero-order valence-electron chi connectivity index (χ0n) is 15.2. The van der Waals surface area contributed by atoms with E-state index in [9.17, 15) is 4.79 Å². The average Bonchev–Trinajstić information content (AvgIpc) is 3.12. The van der Waals surface area contributed by atoms with E-state index in [1.54, 1.807) is 4.68 Å². The summed E-state index contributed by atoms with van der Waals surface area (Å²) in [6, 6.07) is 28.0. The fraction of sp³-hybridized carbons (Fsp3) is 0.0455. The SMILES string of the molecule is Cc1c(C(=O)Nc2ccccc2)nnn1-c1ccc([Se]c2ccccc2)cc1. The van der Waals surface area contributed by atoms with Gasteiger partial charge in [-0.15, -0.1) is 0 Å². The van der Waals surface area contributed by atoms with Crippen LogP contribution in [-0.4, -0.2) is 35.9 Å². The summed E-state index contributed by atoms with van der Waals surface area (Å²) in [6.45, 7) is 1.85. The Morgan fingerprint density at radius 2 is 1.46 bits per heavy atom. The van der Waals surface area contributed by atoms with Crippen LogP contribution in [0.5, 0.6) is 0 Å². The molecule has 3 aromatic carbocycles. The number of anilines is 1. The van der Waals surface area contributed by atoms with Gasteiger partial charge < -0.3 is 0 Å². The van der Waals surface area contributed by atoms with Gasteiger partial charge in [0.25, 0.3) is 0 Å². The van der Waals surface area contributed by atoms with Crippen LogP contribution in [0.15, 0.2) is 84.9 Å². The van der Waals surface area contributed by atoms with Gasteiger partial charge in [-0.05, 0) is 0 Å². The molecule has 0 fully saturated rings.